The smallest absolute Gasteiger partial charge is 0.252 e. The summed E-state index contributed by atoms with van der Waals surface area (Å²) in [7, 11) is 1.50. The van der Waals surface area contributed by atoms with E-state index in [0.29, 0.717) is 6.61 Å². The highest BCUT2D eigenvalue weighted by molar-refractivity contribution is 5.38. The van der Waals surface area contributed by atoms with Crippen LogP contribution in [-0.2, 0) is 4.74 Å². The van der Waals surface area contributed by atoms with Gasteiger partial charge in [0.2, 0.25) is 0 Å². The Bertz CT molecular complexity index is 373. The van der Waals surface area contributed by atoms with Crippen LogP contribution in [0.4, 0.5) is 14.6 Å². The molecule has 0 amide bonds. The Morgan fingerprint density at radius 2 is 2.00 bits per heavy atom. The molecule has 1 rings (SSSR count). The Hall–Kier alpha value is -1.43. The van der Waals surface area contributed by atoms with Gasteiger partial charge in [0, 0.05) is 13.1 Å². The number of rotatable bonds is 6. The number of nitrogens with zero attached hydrogens (tertiary/aromatic N) is 1. The molecular weight excluding hydrogens is 230 g/mol. The third kappa shape index (κ3) is 4.14. The van der Waals surface area contributed by atoms with Crippen LogP contribution in [0, 0.1) is 11.6 Å². The third-order valence-electron chi connectivity index (χ3n) is 1.91. The molecule has 0 atom stereocenters. The number of aromatic nitrogens is 1. The predicted molar refractivity (Wildman–Crippen MR) is 60.3 cm³/mol. The molecule has 17 heavy (non-hydrogen) atoms. The van der Waals surface area contributed by atoms with Gasteiger partial charge in [-0.25, -0.2) is 8.78 Å². The van der Waals surface area contributed by atoms with E-state index in [2.05, 4.69) is 10.3 Å². The van der Waals surface area contributed by atoms with Crippen molar-refractivity contribution in [2.45, 2.75) is 20.0 Å². The molecule has 0 aromatic carbocycles. The van der Waals surface area contributed by atoms with Gasteiger partial charge in [0.25, 0.3) is 5.88 Å². The molecule has 0 saturated carbocycles. The first kappa shape index (κ1) is 13.6. The monoisotopic (exact) mass is 246 g/mol. The molecule has 0 aliphatic carbocycles. The molecule has 1 heterocycles. The van der Waals surface area contributed by atoms with Gasteiger partial charge in [-0.05, 0) is 13.8 Å². The fourth-order valence-electron chi connectivity index (χ4n) is 1.15. The maximum atomic E-state index is 13.3. The summed E-state index contributed by atoms with van der Waals surface area (Å²) in [6.07, 6.45) is 0.0810. The number of hydrogen-bond acceptors (Lipinski definition) is 4. The lowest BCUT2D eigenvalue weighted by Crippen LogP contribution is -2.13. The Morgan fingerprint density at radius 1 is 1.29 bits per heavy atom. The lowest BCUT2D eigenvalue weighted by molar-refractivity contribution is 0.0533. The molecule has 1 aromatic heterocycles. The van der Waals surface area contributed by atoms with Gasteiger partial charge in [-0.1, -0.05) is 0 Å². The van der Waals surface area contributed by atoms with Gasteiger partial charge in [0.15, 0.2) is 17.5 Å². The second kappa shape index (κ2) is 6.34. The molecule has 96 valence electrons. The number of halogens is 2. The zero-order valence-electron chi connectivity index (χ0n) is 10.1. The quantitative estimate of drug-likeness (QED) is 0.781. The molecule has 1 aromatic rings. The van der Waals surface area contributed by atoms with Crippen LogP contribution in [0.1, 0.15) is 13.8 Å². The van der Waals surface area contributed by atoms with E-state index >= 15 is 0 Å². The summed E-state index contributed by atoms with van der Waals surface area (Å²) in [5.74, 6) is -1.86. The molecule has 0 spiro atoms. The van der Waals surface area contributed by atoms with E-state index in [-0.39, 0.29) is 24.4 Å². The maximum absolute atomic E-state index is 13.3. The molecule has 1 N–H and O–H groups in total. The van der Waals surface area contributed by atoms with Crippen molar-refractivity contribution in [1.82, 2.24) is 4.98 Å². The molecule has 0 fully saturated rings. The zero-order valence-corrected chi connectivity index (χ0v) is 10.1. The molecular formula is C11H16F2N2O2. The maximum Gasteiger partial charge on any atom is 0.252 e. The Labute approximate surface area is 98.9 Å². The fourth-order valence-corrected chi connectivity index (χ4v) is 1.15. The van der Waals surface area contributed by atoms with Crippen molar-refractivity contribution in [2.24, 2.45) is 0 Å². The van der Waals surface area contributed by atoms with Crippen LogP contribution in [0.5, 0.6) is 5.88 Å². The van der Waals surface area contributed by atoms with Gasteiger partial charge in [-0.3, -0.25) is 0 Å². The van der Waals surface area contributed by atoms with Crippen molar-refractivity contribution < 1.29 is 18.3 Å². The van der Waals surface area contributed by atoms with Crippen LogP contribution in [0.15, 0.2) is 6.07 Å². The van der Waals surface area contributed by atoms with Crippen molar-refractivity contribution in [1.29, 1.82) is 0 Å². The molecule has 0 aliphatic heterocycles. The Kier molecular flexibility index (Phi) is 5.09. The summed E-state index contributed by atoms with van der Waals surface area (Å²) in [5, 5.41) is 2.51. The van der Waals surface area contributed by atoms with Gasteiger partial charge in [-0.2, -0.15) is 4.98 Å². The van der Waals surface area contributed by atoms with Crippen molar-refractivity contribution in [2.75, 3.05) is 25.6 Å². The molecule has 0 aliphatic rings. The van der Waals surface area contributed by atoms with Gasteiger partial charge in [-0.15, -0.1) is 0 Å². The summed E-state index contributed by atoms with van der Waals surface area (Å²) in [4.78, 5) is 3.67. The summed E-state index contributed by atoms with van der Waals surface area (Å²) in [5.41, 5.74) is 0. The summed E-state index contributed by atoms with van der Waals surface area (Å²) < 4.78 is 36.6. The van der Waals surface area contributed by atoms with Crippen LogP contribution in [0.3, 0.4) is 0 Å². The van der Waals surface area contributed by atoms with E-state index in [9.17, 15) is 8.78 Å². The molecule has 0 radical (unpaired) electrons. The van der Waals surface area contributed by atoms with Crippen molar-refractivity contribution in [3.05, 3.63) is 17.7 Å². The second-order valence-electron chi connectivity index (χ2n) is 3.62. The fraction of sp³-hybridized carbons (Fsp3) is 0.545. The minimum absolute atomic E-state index is 0.0498. The zero-order chi connectivity index (χ0) is 12.8. The first-order chi connectivity index (χ1) is 8.04. The Balaban J connectivity index is 2.58. The predicted octanol–water partition coefficient (Wildman–Crippen LogP) is 2.21. The van der Waals surface area contributed by atoms with Crippen LogP contribution in [0.2, 0.25) is 0 Å². The molecule has 6 heteroatoms. The average Bonchev–Trinajstić information content (AvgIpc) is 2.26. The van der Waals surface area contributed by atoms with Crippen molar-refractivity contribution in [3.63, 3.8) is 0 Å². The molecule has 0 unspecified atom stereocenters. The van der Waals surface area contributed by atoms with Gasteiger partial charge >= 0.3 is 0 Å². The lowest BCUT2D eigenvalue weighted by atomic mass is 10.4. The molecule has 0 saturated heterocycles. The largest absolute Gasteiger partial charge is 0.473 e. The van der Waals surface area contributed by atoms with Crippen LogP contribution < -0.4 is 10.1 Å². The van der Waals surface area contributed by atoms with Crippen LogP contribution in [0.25, 0.3) is 0 Å². The number of pyridine rings is 1. The summed E-state index contributed by atoms with van der Waals surface area (Å²) in [6.45, 7) is 4.26. The van der Waals surface area contributed by atoms with E-state index in [1.807, 2.05) is 13.8 Å². The van der Waals surface area contributed by atoms with E-state index in [0.717, 1.165) is 6.07 Å². The van der Waals surface area contributed by atoms with Crippen molar-refractivity contribution >= 4 is 5.82 Å². The second-order valence-corrected chi connectivity index (χ2v) is 3.62. The molecule has 4 nitrogen and oxygen atoms in total. The lowest BCUT2D eigenvalue weighted by Gasteiger charge is -2.10. The summed E-state index contributed by atoms with van der Waals surface area (Å²) >= 11 is 0. The van der Waals surface area contributed by atoms with Crippen molar-refractivity contribution in [3.8, 4) is 5.88 Å². The van der Waals surface area contributed by atoms with Gasteiger partial charge in [0.1, 0.15) is 6.61 Å². The van der Waals surface area contributed by atoms with Gasteiger partial charge < -0.3 is 14.8 Å². The topological polar surface area (TPSA) is 43.4 Å². The SMILES string of the molecule is CNc1nc(OCCOC(C)C)c(F)cc1F. The minimum atomic E-state index is -0.828. The Morgan fingerprint density at radius 3 is 2.59 bits per heavy atom. The number of ether oxygens (including phenoxy) is 2. The molecule has 0 bridgehead atoms. The van der Waals surface area contributed by atoms with E-state index in [1.165, 1.54) is 7.05 Å². The third-order valence-corrected chi connectivity index (χ3v) is 1.91. The van der Waals surface area contributed by atoms with E-state index in [4.69, 9.17) is 9.47 Å². The van der Waals surface area contributed by atoms with E-state index in [1.54, 1.807) is 0 Å². The highest BCUT2D eigenvalue weighted by Gasteiger charge is 2.11. The number of anilines is 1. The first-order valence-corrected chi connectivity index (χ1v) is 5.32. The minimum Gasteiger partial charge on any atom is -0.473 e. The van der Waals surface area contributed by atoms with Gasteiger partial charge in [0.05, 0.1) is 12.7 Å². The highest BCUT2D eigenvalue weighted by atomic mass is 19.1. The average molecular weight is 246 g/mol. The normalized spacial score (nSPS) is 10.7. The standard InChI is InChI=1S/C11H16F2N2O2/c1-7(2)16-4-5-17-11-9(13)6-8(12)10(14-3)15-11/h6-7H,4-5H2,1-3H3,(H,14,15). The van der Waals surface area contributed by atoms with E-state index < -0.39 is 11.6 Å². The van der Waals surface area contributed by atoms with Crippen LogP contribution in [-0.4, -0.2) is 31.3 Å². The number of hydrogen-bond donors (Lipinski definition) is 1. The first-order valence-electron chi connectivity index (χ1n) is 5.32. The highest BCUT2D eigenvalue weighted by Crippen LogP contribution is 2.20. The summed E-state index contributed by atoms with van der Waals surface area (Å²) in [6, 6.07) is 0.734. The van der Waals surface area contributed by atoms with Crippen LogP contribution >= 0.6 is 0 Å². The number of nitrogens with one attached hydrogen (secondary N) is 1.